The molecular formula is C16H15ClN2OS. The van der Waals surface area contributed by atoms with Crippen molar-refractivity contribution in [3.05, 3.63) is 51.4 Å². The minimum Gasteiger partial charge on any atom is -0.305 e. The highest BCUT2D eigenvalue weighted by molar-refractivity contribution is 7.16. The summed E-state index contributed by atoms with van der Waals surface area (Å²) in [6.45, 7) is -0.784. The zero-order valence-electron chi connectivity index (χ0n) is 14.4. The van der Waals surface area contributed by atoms with E-state index in [0.717, 1.165) is 16.2 Å². The molecule has 1 aliphatic rings. The lowest BCUT2D eigenvalue weighted by atomic mass is 10.0. The van der Waals surface area contributed by atoms with Crippen LogP contribution in [0, 0.1) is 0 Å². The fraction of sp³-hybridized carbons (Fsp3) is 0.250. The van der Waals surface area contributed by atoms with Crippen LogP contribution in [0.2, 0.25) is 5.02 Å². The smallest absolute Gasteiger partial charge is 0.249 e. The van der Waals surface area contributed by atoms with Crippen molar-refractivity contribution >= 4 is 39.6 Å². The molecule has 1 aromatic carbocycles. The fourth-order valence-corrected chi connectivity index (χ4v) is 3.49. The number of hydrogen-bond donors (Lipinski definition) is 0. The predicted molar refractivity (Wildman–Crippen MR) is 89.1 cm³/mol. The quantitative estimate of drug-likeness (QED) is 0.774. The van der Waals surface area contributed by atoms with E-state index in [9.17, 15) is 4.79 Å². The van der Waals surface area contributed by atoms with Crippen LogP contribution in [0.25, 0.3) is 0 Å². The number of benzene rings is 1. The Labute approximate surface area is 137 Å². The Morgan fingerprint density at radius 3 is 2.95 bits per heavy atom. The molecule has 21 heavy (non-hydrogen) atoms. The Morgan fingerprint density at radius 2 is 2.24 bits per heavy atom. The lowest BCUT2D eigenvalue weighted by Crippen LogP contribution is -2.26. The van der Waals surface area contributed by atoms with Crippen LogP contribution < -0.4 is 4.90 Å². The monoisotopic (exact) mass is 322 g/mol. The standard InChI is InChI=1S/C16H15ClN2OS/c1-3-10-8-12-15(11-6-4-5-7-13(11)17)18-9-14(20)19(2)16(12)21-10/h4-8H,3,9H2,1-2H3/i2+1D3. The average molecular weight is 323 g/mol. The third-order valence-corrected chi connectivity index (χ3v) is 4.92. The molecule has 1 aromatic heterocycles. The molecule has 1 amide bonds. The third-order valence-electron chi connectivity index (χ3n) is 3.32. The summed E-state index contributed by atoms with van der Waals surface area (Å²) in [5, 5.41) is 0.925. The highest BCUT2D eigenvalue weighted by atomic mass is 35.5. The van der Waals surface area contributed by atoms with E-state index in [2.05, 4.69) is 4.99 Å². The molecule has 0 bridgehead atoms. The van der Waals surface area contributed by atoms with Gasteiger partial charge in [0.25, 0.3) is 0 Å². The van der Waals surface area contributed by atoms with E-state index >= 15 is 0 Å². The largest absolute Gasteiger partial charge is 0.305 e. The van der Waals surface area contributed by atoms with Crippen LogP contribution in [0.15, 0.2) is 35.3 Å². The second-order valence-corrected chi connectivity index (χ2v) is 6.18. The van der Waals surface area contributed by atoms with Gasteiger partial charge in [-0.2, -0.15) is 0 Å². The fourth-order valence-electron chi connectivity index (χ4n) is 2.24. The lowest BCUT2D eigenvalue weighted by Gasteiger charge is -2.13. The minimum atomic E-state index is -2.55. The molecule has 0 saturated heterocycles. The van der Waals surface area contributed by atoms with Gasteiger partial charge in [-0.05, 0) is 18.6 Å². The van der Waals surface area contributed by atoms with Gasteiger partial charge in [0.05, 0.1) is 5.71 Å². The summed E-state index contributed by atoms with van der Waals surface area (Å²) < 4.78 is 23.2. The first kappa shape index (κ1) is 11.0. The molecule has 2 heterocycles. The van der Waals surface area contributed by atoms with Gasteiger partial charge < -0.3 is 4.90 Å². The van der Waals surface area contributed by atoms with E-state index in [4.69, 9.17) is 15.7 Å². The maximum absolute atomic E-state index is 12.4. The number of nitrogens with zero attached hydrogens (tertiary/aromatic N) is 2. The van der Waals surface area contributed by atoms with Crippen molar-refractivity contribution in [1.29, 1.82) is 0 Å². The van der Waals surface area contributed by atoms with Crippen molar-refractivity contribution in [3.63, 3.8) is 0 Å². The van der Waals surface area contributed by atoms with E-state index in [1.165, 1.54) is 11.3 Å². The Balaban J connectivity index is 2.24. The molecule has 1 aliphatic heterocycles. The number of fused-ring (bicyclic) bond motifs is 1. The number of carbonyl (C=O) groups excluding carboxylic acids is 1. The number of likely N-dealkylation sites (N-methyl/N-ethyl adjacent to an activating group) is 1. The lowest BCUT2D eigenvalue weighted by molar-refractivity contribution is -0.116. The highest BCUT2D eigenvalue weighted by Gasteiger charge is 2.25. The number of aliphatic imine (C=N–C) groups is 1. The summed E-state index contributed by atoms with van der Waals surface area (Å²) in [5.74, 6) is -0.539. The SMILES string of the molecule is [2H][13C]([2H])([2H])N1C(=O)CN=C(c2ccccc2Cl)c2cc(CC)sc21. The number of anilines is 1. The molecular weight excluding hydrogens is 305 g/mol. The Hall–Kier alpha value is -1.65. The first-order valence-corrected chi connectivity index (χ1v) is 7.78. The summed E-state index contributed by atoms with van der Waals surface area (Å²) in [5.41, 5.74) is 1.90. The minimum absolute atomic E-state index is 0.220. The van der Waals surface area contributed by atoms with Gasteiger partial charge in [0.15, 0.2) is 0 Å². The van der Waals surface area contributed by atoms with Gasteiger partial charge in [-0.1, -0.05) is 36.7 Å². The summed E-state index contributed by atoms with van der Waals surface area (Å²) in [6.07, 6.45) is 0.747. The van der Waals surface area contributed by atoms with Gasteiger partial charge in [-0.15, -0.1) is 11.3 Å². The van der Waals surface area contributed by atoms with Crippen molar-refractivity contribution < 1.29 is 8.91 Å². The first-order chi connectivity index (χ1) is 11.3. The van der Waals surface area contributed by atoms with Crippen molar-refractivity contribution in [3.8, 4) is 0 Å². The molecule has 0 unspecified atom stereocenters. The average Bonchev–Trinajstić information content (AvgIpc) is 2.86. The van der Waals surface area contributed by atoms with Crippen LogP contribution in [0.1, 0.15) is 27.0 Å². The number of amides is 1. The van der Waals surface area contributed by atoms with Gasteiger partial charge in [-0.25, -0.2) is 0 Å². The highest BCUT2D eigenvalue weighted by Crippen LogP contribution is 2.36. The van der Waals surface area contributed by atoms with Crippen LogP contribution in [0.5, 0.6) is 0 Å². The topological polar surface area (TPSA) is 32.7 Å². The molecule has 3 nitrogen and oxygen atoms in total. The molecule has 0 atom stereocenters. The second kappa shape index (κ2) is 5.62. The van der Waals surface area contributed by atoms with Crippen molar-refractivity contribution in [2.24, 2.45) is 4.99 Å². The van der Waals surface area contributed by atoms with Crippen LogP contribution >= 0.6 is 22.9 Å². The zero-order valence-corrected chi connectivity index (χ0v) is 13.0. The number of aryl methyl sites for hydroxylation is 1. The van der Waals surface area contributed by atoms with E-state index in [1.54, 1.807) is 6.07 Å². The number of halogens is 1. The number of hydrogen-bond acceptors (Lipinski definition) is 3. The maximum atomic E-state index is 12.4. The molecule has 0 aliphatic carbocycles. The van der Waals surface area contributed by atoms with E-state index in [1.807, 2.05) is 31.2 Å². The molecule has 0 radical (unpaired) electrons. The number of thiophene rings is 1. The van der Waals surface area contributed by atoms with E-state index < -0.39 is 12.9 Å². The van der Waals surface area contributed by atoms with Gasteiger partial charge in [0.1, 0.15) is 11.5 Å². The Morgan fingerprint density at radius 1 is 1.43 bits per heavy atom. The summed E-state index contributed by atoms with van der Waals surface area (Å²) in [6, 6.07) is 9.13. The van der Waals surface area contributed by atoms with E-state index in [0.29, 0.717) is 26.9 Å². The normalized spacial score (nSPS) is 17.4. The van der Waals surface area contributed by atoms with Crippen molar-refractivity contribution in [2.75, 3.05) is 18.4 Å². The predicted octanol–water partition coefficient (Wildman–Crippen LogP) is 3.78. The Kier molecular flexibility index (Phi) is 2.94. The van der Waals surface area contributed by atoms with Gasteiger partial charge in [-0.3, -0.25) is 9.79 Å². The summed E-state index contributed by atoms with van der Waals surface area (Å²) in [4.78, 5) is 18.7. The summed E-state index contributed by atoms with van der Waals surface area (Å²) in [7, 11) is 0. The van der Waals surface area contributed by atoms with Gasteiger partial charge in [0, 0.05) is 32.1 Å². The number of carbonyl (C=O) groups is 1. The van der Waals surface area contributed by atoms with Crippen molar-refractivity contribution in [1.82, 2.24) is 0 Å². The van der Waals surface area contributed by atoms with Crippen LogP contribution in [0.3, 0.4) is 0 Å². The molecule has 0 spiro atoms. The van der Waals surface area contributed by atoms with Crippen molar-refractivity contribution in [2.45, 2.75) is 13.3 Å². The van der Waals surface area contributed by atoms with Gasteiger partial charge >= 0.3 is 0 Å². The third kappa shape index (κ3) is 2.49. The molecule has 5 heteroatoms. The first-order valence-electron chi connectivity index (χ1n) is 8.08. The number of rotatable bonds is 2. The second-order valence-electron chi connectivity index (χ2n) is 4.66. The van der Waals surface area contributed by atoms with Crippen LogP contribution in [-0.2, 0) is 11.2 Å². The molecule has 0 fully saturated rings. The molecule has 0 N–H and O–H groups in total. The van der Waals surface area contributed by atoms with Crippen LogP contribution in [-0.4, -0.2) is 25.1 Å². The summed E-state index contributed by atoms with van der Waals surface area (Å²) >= 11 is 7.61. The molecule has 0 saturated carbocycles. The molecule has 3 rings (SSSR count). The zero-order chi connectivity index (χ0) is 17.5. The van der Waals surface area contributed by atoms with E-state index in [-0.39, 0.29) is 6.54 Å². The van der Waals surface area contributed by atoms with Gasteiger partial charge in [0.2, 0.25) is 5.91 Å². The maximum Gasteiger partial charge on any atom is 0.249 e. The molecule has 2 aromatic rings. The van der Waals surface area contributed by atoms with Crippen LogP contribution in [0.4, 0.5) is 5.00 Å². The Bertz CT molecular complexity index is 829. The molecule has 108 valence electrons.